The minimum Gasteiger partial charge on any atom is -0.462 e. The summed E-state index contributed by atoms with van der Waals surface area (Å²) in [5.41, 5.74) is 1.48. The first-order chi connectivity index (χ1) is 9.13. The molecule has 7 heteroatoms. The van der Waals surface area contributed by atoms with Crippen LogP contribution >= 0.6 is 11.3 Å². The predicted octanol–water partition coefficient (Wildman–Crippen LogP) is 2.21. The molecule has 0 atom stereocenters. The zero-order valence-corrected chi connectivity index (χ0v) is 11.3. The Hall–Kier alpha value is -2.15. The smallest absolute Gasteiger partial charge is 0.341 e. The Morgan fingerprint density at radius 2 is 2.26 bits per heavy atom. The van der Waals surface area contributed by atoms with Crippen molar-refractivity contribution in [3.05, 3.63) is 34.5 Å². The van der Waals surface area contributed by atoms with Crippen LogP contribution in [-0.4, -0.2) is 28.7 Å². The van der Waals surface area contributed by atoms with E-state index in [2.05, 4.69) is 15.5 Å². The number of esters is 1. The minimum atomic E-state index is -0.442. The summed E-state index contributed by atoms with van der Waals surface area (Å²) in [5, 5.41) is 11.4. The number of rotatable bonds is 4. The van der Waals surface area contributed by atoms with E-state index in [4.69, 9.17) is 4.74 Å². The van der Waals surface area contributed by atoms with E-state index in [1.165, 1.54) is 17.5 Å². The van der Waals surface area contributed by atoms with E-state index in [-0.39, 0.29) is 5.91 Å². The number of hydrogen-bond donors (Lipinski definition) is 2. The fraction of sp³-hybridized carbons (Fsp3) is 0.250. The molecule has 1 amide bonds. The summed E-state index contributed by atoms with van der Waals surface area (Å²) in [6.45, 7) is 3.78. The molecule has 6 nitrogen and oxygen atoms in total. The second-order valence-corrected chi connectivity index (χ2v) is 4.66. The summed E-state index contributed by atoms with van der Waals surface area (Å²) in [6.07, 6.45) is 1.45. The number of amides is 1. The molecule has 0 unspecified atom stereocenters. The zero-order valence-electron chi connectivity index (χ0n) is 10.5. The van der Waals surface area contributed by atoms with Gasteiger partial charge in [-0.3, -0.25) is 9.89 Å². The third-order valence-electron chi connectivity index (χ3n) is 2.46. The average Bonchev–Trinajstić information content (AvgIpc) is 2.98. The lowest BCUT2D eigenvalue weighted by Crippen LogP contribution is -2.14. The van der Waals surface area contributed by atoms with E-state index < -0.39 is 5.97 Å². The number of carbonyl (C=O) groups is 2. The van der Waals surface area contributed by atoms with Gasteiger partial charge in [0, 0.05) is 5.69 Å². The highest BCUT2D eigenvalue weighted by Gasteiger charge is 2.18. The van der Waals surface area contributed by atoms with Gasteiger partial charge >= 0.3 is 5.97 Å². The number of aromatic nitrogens is 2. The van der Waals surface area contributed by atoms with Crippen LogP contribution in [0.4, 0.5) is 5.00 Å². The molecule has 2 aromatic rings. The number of H-pyrrole nitrogens is 1. The molecule has 2 N–H and O–H groups in total. The Bertz CT molecular complexity index is 603. The lowest BCUT2D eigenvalue weighted by Gasteiger charge is -2.05. The number of aryl methyl sites for hydroxylation is 1. The highest BCUT2D eigenvalue weighted by Crippen LogP contribution is 2.24. The molecule has 0 saturated carbocycles. The third kappa shape index (κ3) is 2.82. The van der Waals surface area contributed by atoms with Crippen molar-refractivity contribution in [2.75, 3.05) is 11.9 Å². The van der Waals surface area contributed by atoms with E-state index in [9.17, 15) is 9.59 Å². The van der Waals surface area contributed by atoms with Crippen LogP contribution in [-0.2, 0) is 4.74 Å². The van der Waals surface area contributed by atoms with Gasteiger partial charge in [-0.15, -0.1) is 11.3 Å². The standard InChI is InChI=1S/C12H13N3O3S/c1-3-18-12(17)8-4-5-19-11(8)14-10(16)9-6-13-15-7(9)2/h4-6H,3H2,1-2H3,(H,13,15)(H,14,16). The van der Waals surface area contributed by atoms with Crippen LogP contribution in [0.2, 0.25) is 0 Å². The molecule has 0 fully saturated rings. The van der Waals surface area contributed by atoms with Crippen LogP contribution in [0.5, 0.6) is 0 Å². The Morgan fingerprint density at radius 3 is 2.89 bits per heavy atom. The van der Waals surface area contributed by atoms with Crippen LogP contribution in [0.3, 0.4) is 0 Å². The van der Waals surface area contributed by atoms with Gasteiger partial charge in [-0.25, -0.2) is 4.79 Å². The summed E-state index contributed by atoms with van der Waals surface area (Å²) in [4.78, 5) is 23.7. The minimum absolute atomic E-state index is 0.295. The number of nitrogens with zero attached hydrogens (tertiary/aromatic N) is 1. The SMILES string of the molecule is CCOC(=O)c1ccsc1NC(=O)c1cn[nH]c1C. The second-order valence-electron chi connectivity index (χ2n) is 3.75. The first-order valence-corrected chi connectivity index (χ1v) is 6.57. The predicted molar refractivity (Wildman–Crippen MR) is 71.6 cm³/mol. The molecule has 0 aliphatic carbocycles. The van der Waals surface area contributed by atoms with Crippen molar-refractivity contribution in [1.82, 2.24) is 10.2 Å². The fourth-order valence-corrected chi connectivity index (χ4v) is 2.30. The van der Waals surface area contributed by atoms with Gasteiger partial charge in [-0.1, -0.05) is 0 Å². The summed E-state index contributed by atoms with van der Waals surface area (Å²) in [7, 11) is 0. The number of ether oxygens (including phenoxy) is 1. The molecule has 19 heavy (non-hydrogen) atoms. The normalized spacial score (nSPS) is 10.2. The van der Waals surface area contributed by atoms with Crippen molar-refractivity contribution < 1.29 is 14.3 Å². The van der Waals surface area contributed by atoms with Gasteiger partial charge in [-0.05, 0) is 25.3 Å². The van der Waals surface area contributed by atoms with Crippen molar-refractivity contribution in [3.63, 3.8) is 0 Å². The van der Waals surface area contributed by atoms with Crippen LogP contribution in [0.25, 0.3) is 0 Å². The summed E-state index contributed by atoms with van der Waals surface area (Å²) >= 11 is 1.27. The summed E-state index contributed by atoms with van der Waals surface area (Å²) in [6, 6.07) is 1.63. The van der Waals surface area contributed by atoms with Crippen molar-refractivity contribution in [2.45, 2.75) is 13.8 Å². The van der Waals surface area contributed by atoms with Crippen molar-refractivity contribution in [2.24, 2.45) is 0 Å². The van der Waals surface area contributed by atoms with E-state index in [1.807, 2.05) is 0 Å². The first kappa shape index (κ1) is 13.3. The van der Waals surface area contributed by atoms with Gasteiger partial charge < -0.3 is 10.1 Å². The molecule has 0 spiro atoms. The average molecular weight is 279 g/mol. The molecule has 0 saturated heterocycles. The zero-order chi connectivity index (χ0) is 13.8. The third-order valence-corrected chi connectivity index (χ3v) is 3.29. The number of hydrogen-bond acceptors (Lipinski definition) is 5. The van der Waals surface area contributed by atoms with E-state index >= 15 is 0 Å². The quantitative estimate of drug-likeness (QED) is 0.840. The number of carbonyl (C=O) groups excluding carboxylic acids is 2. The molecular formula is C12H13N3O3S. The maximum Gasteiger partial charge on any atom is 0.341 e. The largest absolute Gasteiger partial charge is 0.462 e. The topological polar surface area (TPSA) is 84.1 Å². The number of thiophene rings is 1. The first-order valence-electron chi connectivity index (χ1n) is 5.69. The molecule has 0 aromatic carbocycles. The lowest BCUT2D eigenvalue weighted by atomic mass is 10.2. The maximum atomic E-state index is 12.0. The van der Waals surface area contributed by atoms with Crippen LogP contribution < -0.4 is 5.32 Å². The molecule has 0 bridgehead atoms. The Morgan fingerprint density at radius 1 is 1.47 bits per heavy atom. The molecule has 2 rings (SSSR count). The number of nitrogens with one attached hydrogen (secondary N) is 2. The van der Waals surface area contributed by atoms with E-state index in [0.29, 0.717) is 28.4 Å². The van der Waals surface area contributed by atoms with Crippen molar-refractivity contribution >= 4 is 28.2 Å². The molecule has 2 heterocycles. The van der Waals surface area contributed by atoms with Gasteiger partial charge in [0.15, 0.2) is 0 Å². The highest BCUT2D eigenvalue weighted by molar-refractivity contribution is 7.14. The Kier molecular flexibility index (Phi) is 3.96. The van der Waals surface area contributed by atoms with E-state index in [1.54, 1.807) is 25.3 Å². The number of anilines is 1. The van der Waals surface area contributed by atoms with Crippen LogP contribution in [0.15, 0.2) is 17.6 Å². The molecule has 0 aliphatic heterocycles. The maximum absolute atomic E-state index is 12.0. The summed E-state index contributed by atoms with van der Waals surface area (Å²) in [5.74, 6) is -0.748. The van der Waals surface area contributed by atoms with Gasteiger partial charge in [0.2, 0.25) is 0 Å². The second kappa shape index (κ2) is 5.66. The molecule has 2 aromatic heterocycles. The van der Waals surface area contributed by atoms with Gasteiger partial charge in [0.1, 0.15) is 5.00 Å². The molecule has 0 radical (unpaired) electrons. The molecule has 100 valence electrons. The fourth-order valence-electron chi connectivity index (χ4n) is 1.53. The summed E-state index contributed by atoms with van der Waals surface area (Å²) < 4.78 is 4.92. The highest BCUT2D eigenvalue weighted by atomic mass is 32.1. The Labute approximate surface area is 113 Å². The monoisotopic (exact) mass is 279 g/mol. The number of aromatic amines is 1. The Balaban J connectivity index is 2.16. The van der Waals surface area contributed by atoms with Crippen LogP contribution in [0, 0.1) is 6.92 Å². The van der Waals surface area contributed by atoms with Gasteiger partial charge in [0.25, 0.3) is 5.91 Å². The van der Waals surface area contributed by atoms with Gasteiger partial charge in [0.05, 0.1) is 23.9 Å². The van der Waals surface area contributed by atoms with E-state index in [0.717, 1.165) is 0 Å². The van der Waals surface area contributed by atoms with Crippen molar-refractivity contribution in [1.29, 1.82) is 0 Å². The van der Waals surface area contributed by atoms with Crippen molar-refractivity contribution in [3.8, 4) is 0 Å². The van der Waals surface area contributed by atoms with Crippen LogP contribution in [0.1, 0.15) is 33.3 Å². The molecular weight excluding hydrogens is 266 g/mol. The lowest BCUT2D eigenvalue weighted by molar-refractivity contribution is 0.0528. The van der Waals surface area contributed by atoms with Gasteiger partial charge in [-0.2, -0.15) is 5.10 Å². The molecule has 0 aliphatic rings.